The standard InChI is InChI=1S/C21H24FN3O4S/c1-12-17(11-25-18-4-3-15(22)9-14(18)10-19(25)26)23-13(2)20(12)21(27)24-16-5-7-30(28,29)8-6-16/h3-4,9,16,23H,5-8,10-11H2,1-2H3,(H,24,27). The molecule has 0 bridgehead atoms. The average molecular weight is 434 g/mol. The fourth-order valence-corrected chi connectivity index (χ4v) is 5.78. The third-order valence-electron chi connectivity index (χ3n) is 5.95. The van der Waals surface area contributed by atoms with Crippen LogP contribution in [-0.4, -0.2) is 42.8 Å². The van der Waals surface area contributed by atoms with Gasteiger partial charge in [0.25, 0.3) is 5.91 Å². The predicted molar refractivity (Wildman–Crippen MR) is 111 cm³/mol. The molecule has 0 atom stereocenters. The zero-order valence-corrected chi connectivity index (χ0v) is 17.7. The van der Waals surface area contributed by atoms with E-state index in [0.29, 0.717) is 35.3 Å². The number of fused-ring (bicyclic) bond motifs is 1. The number of hydrogen-bond donors (Lipinski definition) is 2. The molecule has 4 rings (SSSR count). The van der Waals surface area contributed by atoms with Crippen LogP contribution in [0.4, 0.5) is 10.1 Å². The monoisotopic (exact) mass is 433 g/mol. The van der Waals surface area contributed by atoms with Crippen molar-refractivity contribution in [3.63, 3.8) is 0 Å². The molecule has 9 heteroatoms. The van der Waals surface area contributed by atoms with Gasteiger partial charge in [0.05, 0.1) is 30.0 Å². The summed E-state index contributed by atoms with van der Waals surface area (Å²) in [4.78, 5) is 30.1. The van der Waals surface area contributed by atoms with E-state index in [1.807, 2.05) is 6.92 Å². The molecule has 0 aliphatic carbocycles. The molecule has 0 radical (unpaired) electrons. The number of amides is 2. The zero-order chi connectivity index (χ0) is 21.6. The van der Waals surface area contributed by atoms with Crippen molar-refractivity contribution in [1.29, 1.82) is 0 Å². The highest BCUT2D eigenvalue weighted by Crippen LogP contribution is 2.32. The number of hydrogen-bond acceptors (Lipinski definition) is 4. The van der Waals surface area contributed by atoms with Crippen molar-refractivity contribution in [1.82, 2.24) is 10.3 Å². The summed E-state index contributed by atoms with van der Waals surface area (Å²) in [5, 5.41) is 2.95. The largest absolute Gasteiger partial charge is 0.360 e. The van der Waals surface area contributed by atoms with Gasteiger partial charge in [-0.05, 0) is 56.0 Å². The number of sulfone groups is 1. The van der Waals surface area contributed by atoms with E-state index in [4.69, 9.17) is 0 Å². The van der Waals surface area contributed by atoms with Gasteiger partial charge in [-0.1, -0.05) is 0 Å². The molecule has 2 aromatic rings. The normalized spacial score (nSPS) is 18.5. The van der Waals surface area contributed by atoms with Crippen molar-refractivity contribution in [2.24, 2.45) is 0 Å². The van der Waals surface area contributed by atoms with Gasteiger partial charge in [-0.3, -0.25) is 9.59 Å². The Morgan fingerprint density at radius 2 is 1.97 bits per heavy atom. The zero-order valence-electron chi connectivity index (χ0n) is 16.9. The summed E-state index contributed by atoms with van der Waals surface area (Å²) in [6.07, 6.45) is 0.988. The summed E-state index contributed by atoms with van der Waals surface area (Å²) < 4.78 is 36.7. The van der Waals surface area contributed by atoms with Crippen LogP contribution in [0.1, 0.15) is 45.7 Å². The lowest BCUT2D eigenvalue weighted by molar-refractivity contribution is -0.117. The Kier molecular flexibility index (Phi) is 5.17. The molecule has 160 valence electrons. The van der Waals surface area contributed by atoms with Gasteiger partial charge in [0.2, 0.25) is 5.91 Å². The third kappa shape index (κ3) is 3.86. The van der Waals surface area contributed by atoms with Gasteiger partial charge in [0.15, 0.2) is 0 Å². The number of H-pyrrole nitrogens is 1. The van der Waals surface area contributed by atoms with Crippen LogP contribution in [0.3, 0.4) is 0 Å². The van der Waals surface area contributed by atoms with Crippen molar-refractivity contribution in [3.05, 3.63) is 52.1 Å². The van der Waals surface area contributed by atoms with E-state index in [1.165, 1.54) is 12.1 Å². The van der Waals surface area contributed by atoms with Crippen LogP contribution in [0.25, 0.3) is 0 Å². The summed E-state index contributed by atoms with van der Waals surface area (Å²) in [6.45, 7) is 3.89. The number of rotatable bonds is 4. The highest BCUT2D eigenvalue weighted by molar-refractivity contribution is 7.91. The maximum Gasteiger partial charge on any atom is 0.253 e. The van der Waals surface area contributed by atoms with E-state index in [0.717, 1.165) is 11.3 Å². The van der Waals surface area contributed by atoms with Crippen molar-refractivity contribution in [2.75, 3.05) is 16.4 Å². The first-order valence-electron chi connectivity index (χ1n) is 9.93. The first-order chi connectivity index (χ1) is 14.1. The molecule has 1 saturated heterocycles. The lowest BCUT2D eigenvalue weighted by atomic mass is 10.1. The van der Waals surface area contributed by atoms with E-state index in [9.17, 15) is 22.4 Å². The van der Waals surface area contributed by atoms with Crippen molar-refractivity contribution in [2.45, 2.75) is 45.7 Å². The number of aryl methyl sites for hydroxylation is 1. The van der Waals surface area contributed by atoms with Gasteiger partial charge in [-0.2, -0.15) is 0 Å². The molecule has 0 spiro atoms. The molecule has 0 saturated carbocycles. The van der Waals surface area contributed by atoms with Crippen LogP contribution in [0, 0.1) is 19.7 Å². The predicted octanol–water partition coefficient (Wildman–Crippen LogP) is 2.17. The first-order valence-corrected chi connectivity index (χ1v) is 11.7. The summed E-state index contributed by atoms with van der Waals surface area (Å²) in [6, 6.07) is 4.15. The molecule has 2 aliphatic heterocycles. The van der Waals surface area contributed by atoms with Gasteiger partial charge >= 0.3 is 0 Å². The van der Waals surface area contributed by atoms with E-state index >= 15 is 0 Å². The SMILES string of the molecule is Cc1[nH]c(CN2C(=O)Cc3cc(F)ccc32)c(C)c1C(=O)NC1CCS(=O)(=O)CC1. The Morgan fingerprint density at radius 3 is 2.67 bits per heavy atom. The van der Waals surface area contributed by atoms with Gasteiger partial charge in [0.1, 0.15) is 15.7 Å². The molecule has 30 heavy (non-hydrogen) atoms. The number of carbonyl (C=O) groups excluding carboxylic acids is 2. The second kappa shape index (κ2) is 7.54. The summed E-state index contributed by atoms with van der Waals surface area (Å²) in [7, 11) is -2.99. The Bertz CT molecular complexity index is 1130. The lowest BCUT2D eigenvalue weighted by Gasteiger charge is -2.23. The van der Waals surface area contributed by atoms with E-state index in [1.54, 1.807) is 17.9 Å². The van der Waals surface area contributed by atoms with Gasteiger partial charge in [0, 0.05) is 23.1 Å². The minimum atomic E-state index is -2.99. The summed E-state index contributed by atoms with van der Waals surface area (Å²) >= 11 is 0. The van der Waals surface area contributed by atoms with Gasteiger partial charge in [-0.25, -0.2) is 12.8 Å². The Hall–Kier alpha value is -2.68. The van der Waals surface area contributed by atoms with E-state index < -0.39 is 9.84 Å². The lowest BCUT2D eigenvalue weighted by Crippen LogP contribution is -2.41. The van der Waals surface area contributed by atoms with Crippen molar-refractivity contribution < 1.29 is 22.4 Å². The van der Waals surface area contributed by atoms with Crippen LogP contribution in [0.5, 0.6) is 0 Å². The van der Waals surface area contributed by atoms with Crippen LogP contribution in [0.15, 0.2) is 18.2 Å². The molecule has 0 unspecified atom stereocenters. The molecule has 7 nitrogen and oxygen atoms in total. The number of nitrogens with zero attached hydrogens (tertiary/aromatic N) is 1. The van der Waals surface area contributed by atoms with Crippen LogP contribution >= 0.6 is 0 Å². The second-order valence-corrected chi connectivity index (χ2v) is 10.4. The highest BCUT2D eigenvalue weighted by atomic mass is 32.2. The average Bonchev–Trinajstić information content (AvgIpc) is 3.12. The Labute approximate surface area is 174 Å². The molecule has 2 N–H and O–H groups in total. The first kappa shape index (κ1) is 20.6. The van der Waals surface area contributed by atoms with Crippen LogP contribution in [0.2, 0.25) is 0 Å². The van der Waals surface area contributed by atoms with Crippen molar-refractivity contribution >= 4 is 27.3 Å². The third-order valence-corrected chi connectivity index (χ3v) is 7.66. The number of aromatic amines is 1. The number of carbonyl (C=O) groups is 2. The molecule has 1 aromatic heterocycles. The van der Waals surface area contributed by atoms with E-state index in [-0.39, 0.29) is 48.1 Å². The fraction of sp³-hybridized carbons (Fsp3) is 0.429. The smallest absolute Gasteiger partial charge is 0.253 e. The minimum Gasteiger partial charge on any atom is -0.360 e. The fourth-order valence-electron chi connectivity index (χ4n) is 4.29. The van der Waals surface area contributed by atoms with E-state index in [2.05, 4.69) is 10.3 Å². The molecular formula is C21H24FN3O4S. The number of nitrogens with one attached hydrogen (secondary N) is 2. The molecule has 2 aliphatic rings. The molecule has 1 fully saturated rings. The number of halogens is 1. The summed E-state index contributed by atoms with van der Waals surface area (Å²) in [5.41, 5.74) is 4.04. The van der Waals surface area contributed by atoms with Crippen LogP contribution in [-0.2, 0) is 27.6 Å². The molecular weight excluding hydrogens is 409 g/mol. The molecule has 3 heterocycles. The molecule has 2 amide bonds. The Morgan fingerprint density at radius 1 is 1.27 bits per heavy atom. The maximum absolute atomic E-state index is 13.5. The highest BCUT2D eigenvalue weighted by Gasteiger charge is 2.30. The minimum absolute atomic E-state index is 0.0887. The second-order valence-electron chi connectivity index (χ2n) is 8.06. The Balaban J connectivity index is 1.52. The summed E-state index contributed by atoms with van der Waals surface area (Å²) in [5.74, 6) is -0.551. The molecule has 1 aromatic carbocycles. The van der Waals surface area contributed by atoms with Gasteiger partial charge in [-0.15, -0.1) is 0 Å². The maximum atomic E-state index is 13.5. The number of aromatic nitrogens is 1. The number of benzene rings is 1. The quantitative estimate of drug-likeness (QED) is 0.772. The van der Waals surface area contributed by atoms with Crippen molar-refractivity contribution in [3.8, 4) is 0 Å². The number of anilines is 1. The van der Waals surface area contributed by atoms with Crippen LogP contribution < -0.4 is 10.2 Å². The van der Waals surface area contributed by atoms with Gasteiger partial charge < -0.3 is 15.2 Å². The topological polar surface area (TPSA) is 99.3 Å².